The van der Waals surface area contributed by atoms with Crippen LogP contribution in [0.2, 0.25) is 0 Å². The minimum Gasteiger partial charge on any atom is -0.497 e. The number of anilines is 3. The molecule has 0 aliphatic carbocycles. The zero-order valence-corrected chi connectivity index (χ0v) is 17.1. The van der Waals surface area contributed by atoms with Crippen LogP contribution in [-0.2, 0) is 5.75 Å². The largest absolute Gasteiger partial charge is 0.497 e. The Morgan fingerprint density at radius 3 is 2.63 bits per heavy atom. The summed E-state index contributed by atoms with van der Waals surface area (Å²) in [6.45, 7) is 4.19. The molecule has 0 amide bonds. The fraction of sp³-hybridized carbons (Fsp3) is 0.412. The maximum absolute atomic E-state index is 5.85. The van der Waals surface area contributed by atoms with Crippen molar-refractivity contribution in [3.63, 3.8) is 0 Å². The smallest absolute Gasteiger partial charge is 0.232 e. The van der Waals surface area contributed by atoms with Gasteiger partial charge in [-0.3, -0.25) is 0 Å². The quantitative estimate of drug-likeness (QED) is 0.616. The van der Waals surface area contributed by atoms with Gasteiger partial charge in [0, 0.05) is 5.69 Å². The van der Waals surface area contributed by atoms with Crippen molar-refractivity contribution in [1.29, 1.82) is 0 Å². The molecule has 0 bridgehead atoms. The van der Waals surface area contributed by atoms with Crippen molar-refractivity contribution >= 4 is 45.9 Å². The van der Waals surface area contributed by atoms with E-state index >= 15 is 0 Å². The van der Waals surface area contributed by atoms with Crippen LogP contribution in [0.4, 0.5) is 17.6 Å². The van der Waals surface area contributed by atoms with Crippen molar-refractivity contribution in [3.05, 3.63) is 30.1 Å². The second kappa shape index (κ2) is 9.16. The zero-order valence-electron chi connectivity index (χ0n) is 15.4. The number of nitrogens with zero attached hydrogens (tertiary/aromatic N) is 4. The maximum Gasteiger partial charge on any atom is 0.232 e. The molecule has 0 spiro atoms. The lowest BCUT2D eigenvalue weighted by molar-refractivity contribution is -0.883. The molecule has 0 radical (unpaired) electrons. The van der Waals surface area contributed by atoms with E-state index in [9.17, 15) is 0 Å². The van der Waals surface area contributed by atoms with E-state index in [4.69, 9.17) is 22.7 Å². The number of rotatable bonds is 5. The molecule has 1 fully saturated rings. The van der Waals surface area contributed by atoms with Crippen LogP contribution in [0.3, 0.4) is 0 Å². The van der Waals surface area contributed by atoms with Gasteiger partial charge < -0.3 is 25.6 Å². The van der Waals surface area contributed by atoms with E-state index in [2.05, 4.69) is 32.2 Å². The van der Waals surface area contributed by atoms with Crippen LogP contribution in [0, 0.1) is 0 Å². The van der Waals surface area contributed by atoms with E-state index in [1.807, 2.05) is 24.3 Å². The minimum atomic E-state index is 0.186. The number of nitrogen functional groups attached to an aromatic ring is 1. The highest BCUT2D eigenvalue weighted by molar-refractivity contribution is 8.22. The molecular weight excluding hydrogens is 382 g/mol. The summed E-state index contributed by atoms with van der Waals surface area (Å²) in [7, 11) is 3.84. The molecule has 144 valence electrons. The topological polar surface area (TPSA) is 93.6 Å². The first-order valence-electron chi connectivity index (χ1n) is 8.68. The van der Waals surface area contributed by atoms with Crippen molar-refractivity contribution in [2.75, 3.05) is 51.4 Å². The first-order chi connectivity index (χ1) is 13.0. The summed E-state index contributed by atoms with van der Waals surface area (Å²) in [4.78, 5) is 16.6. The summed E-state index contributed by atoms with van der Waals surface area (Å²) in [6, 6.07) is 7.50. The number of nitrogens with one attached hydrogen (secondary N) is 2. The van der Waals surface area contributed by atoms with Gasteiger partial charge in [-0.2, -0.15) is 15.0 Å². The molecule has 2 aromatic rings. The van der Waals surface area contributed by atoms with E-state index < -0.39 is 0 Å². The van der Waals surface area contributed by atoms with Gasteiger partial charge in [0.05, 0.1) is 46.1 Å². The lowest BCUT2D eigenvalue weighted by Gasteiger charge is -2.31. The molecule has 8 nitrogen and oxygen atoms in total. The van der Waals surface area contributed by atoms with E-state index in [0.717, 1.165) is 41.9 Å². The van der Waals surface area contributed by atoms with Crippen LogP contribution in [0.15, 0.2) is 24.3 Å². The lowest BCUT2D eigenvalue weighted by atomic mass is 10.3. The first kappa shape index (κ1) is 19.6. The predicted octanol–water partition coefficient (Wildman–Crippen LogP) is 0.554. The molecule has 4 N–H and O–H groups in total. The number of benzene rings is 1. The van der Waals surface area contributed by atoms with Crippen LogP contribution in [0.5, 0.6) is 5.75 Å². The van der Waals surface area contributed by atoms with Gasteiger partial charge in [0.1, 0.15) is 15.9 Å². The Bertz CT molecular complexity index is 779. The van der Waals surface area contributed by atoms with Gasteiger partial charge in [-0.15, -0.1) is 0 Å². The Balaban J connectivity index is 1.60. The van der Waals surface area contributed by atoms with Crippen molar-refractivity contribution < 1.29 is 9.64 Å². The molecule has 0 unspecified atom stereocenters. The number of aromatic nitrogens is 3. The van der Waals surface area contributed by atoms with Gasteiger partial charge in [-0.25, -0.2) is 0 Å². The number of likely N-dealkylation sites (N-methyl/N-ethyl adjacent to an activating group) is 1. The standard InChI is InChI=1S/C17H23N7OS2/c1-23-7-9-24(10-8-23)17(26)27-11-14-20-15(18)22-16(21-14)19-12-3-5-13(25-2)6-4-12/h3-6H,7-11H2,1-2H3,(H3,18,19,20,21,22)/p+1. The molecule has 3 rings (SSSR count). The van der Waals surface area contributed by atoms with Crippen LogP contribution < -0.4 is 20.7 Å². The van der Waals surface area contributed by atoms with Crippen LogP contribution in [-0.4, -0.2) is 64.5 Å². The average Bonchev–Trinajstić information content (AvgIpc) is 2.67. The zero-order chi connectivity index (χ0) is 19.2. The van der Waals surface area contributed by atoms with Crippen molar-refractivity contribution in [2.24, 2.45) is 0 Å². The first-order valence-corrected chi connectivity index (χ1v) is 10.1. The molecule has 27 heavy (non-hydrogen) atoms. The molecule has 0 atom stereocenters. The Morgan fingerprint density at radius 1 is 1.26 bits per heavy atom. The molecule has 0 saturated carbocycles. The second-order valence-electron chi connectivity index (χ2n) is 6.29. The number of quaternary nitrogens is 1. The fourth-order valence-corrected chi connectivity index (χ4v) is 3.76. The molecular formula is C17H24N7OS2+. The Labute approximate surface area is 168 Å². The number of thiocarbonyl (C=S) groups is 1. The van der Waals surface area contributed by atoms with Crippen LogP contribution in [0.1, 0.15) is 5.82 Å². The molecule has 1 aliphatic rings. The molecule has 1 saturated heterocycles. The maximum atomic E-state index is 5.85. The van der Waals surface area contributed by atoms with Gasteiger partial charge in [0.2, 0.25) is 11.9 Å². The predicted molar refractivity (Wildman–Crippen MR) is 113 cm³/mol. The normalized spacial score (nSPS) is 14.8. The monoisotopic (exact) mass is 406 g/mol. The number of methoxy groups -OCH3 is 1. The van der Waals surface area contributed by atoms with Gasteiger partial charge in [0.25, 0.3) is 0 Å². The van der Waals surface area contributed by atoms with Crippen LogP contribution in [0.25, 0.3) is 0 Å². The summed E-state index contributed by atoms with van der Waals surface area (Å²) >= 11 is 7.12. The summed E-state index contributed by atoms with van der Waals surface area (Å²) in [5, 5.41) is 3.14. The summed E-state index contributed by atoms with van der Waals surface area (Å²) < 4.78 is 6.04. The molecule has 10 heteroatoms. The third-order valence-corrected chi connectivity index (χ3v) is 5.76. The third kappa shape index (κ3) is 5.65. The molecule has 1 aromatic carbocycles. The highest BCUT2D eigenvalue weighted by Crippen LogP contribution is 2.20. The van der Waals surface area contributed by atoms with Crippen molar-refractivity contribution in [2.45, 2.75) is 5.75 Å². The van der Waals surface area contributed by atoms with E-state index in [1.54, 1.807) is 23.8 Å². The van der Waals surface area contributed by atoms with Crippen LogP contribution >= 0.6 is 24.0 Å². The van der Waals surface area contributed by atoms with Gasteiger partial charge in [-0.05, 0) is 24.3 Å². The summed E-state index contributed by atoms with van der Waals surface area (Å²) in [6.07, 6.45) is 0. The van der Waals surface area contributed by atoms with Crippen molar-refractivity contribution in [1.82, 2.24) is 19.9 Å². The number of thioether (sulfide) groups is 1. The second-order valence-corrected chi connectivity index (χ2v) is 7.89. The Morgan fingerprint density at radius 2 is 1.96 bits per heavy atom. The van der Waals surface area contributed by atoms with Gasteiger partial charge in [0.15, 0.2) is 0 Å². The minimum absolute atomic E-state index is 0.186. The van der Waals surface area contributed by atoms with Gasteiger partial charge >= 0.3 is 0 Å². The molecule has 1 aliphatic heterocycles. The van der Waals surface area contributed by atoms with Gasteiger partial charge in [-0.1, -0.05) is 24.0 Å². The summed E-state index contributed by atoms with van der Waals surface area (Å²) in [5.74, 6) is 2.54. The number of nitrogens with two attached hydrogens (primary N) is 1. The Kier molecular flexibility index (Phi) is 6.64. The van der Waals surface area contributed by atoms with E-state index in [0.29, 0.717) is 17.5 Å². The molecule has 2 heterocycles. The average molecular weight is 407 g/mol. The lowest BCUT2D eigenvalue weighted by Crippen LogP contribution is -3.12. The number of piperazine rings is 1. The SMILES string of the molecule is COc1ccc(Nc2nc(N)nc(CSC(=S)N3CC[NH+](C)CC3)n2)cc1. The van der Waals surface area contributed by atoms with Crippen molar-refractivity contribution in [3.8, 4) is 5.75 Å². The Hall–Kier alpha value is -2.17. The third-order valence-electron chi connectivity index (χ3n) is 4.25. The highest BCUT2D eigenvalue weighted by Gasteiger charge is 2.19. The van der Waals surface area contributed by atoms with E-state index in [1.165, 1.54) is 0 Å². The fourth-order valence-electron chi connectivity index (χ4n) is 2.65. The molecule has 1 aromatic heterocycles. The number of hydrogen-bond donors (Lipinski definition) is 3. The highest BCUT2D eigenvalue weighted by atomic mass is 32.2. The number of ether oxygens (including phenoxy) is 1. The number of hydrogen-bond acceptors (Lipinski definition) is 8. The summed E-state index contributed by atoms with van der Waals surface area (Å²) in [5.41, 5.74) is 6.69. The van der Waals surface area contributed by atoms with E-state index in [-0.39, 0.29) is 5.95 Å².